The Hall–Kier alpha value is -2.34. The van der Waals surface area contributed by atoms with E-state index in [4.69, 9.17) is 28.3 Å². The molecule has 0 radical (unpaired) electrons. The summed E-state index contributed by atoms with van der Waals surface area (Å²) in [6.07, 6.45) is 22.4. The maximum Gasteiger partial charge on any atom is 0.472 e. The smallest absolute Gasteiger partial charge is 0.462 e. The van der Waals surface area contributed by atoms with Crippen molar-refractivity contribution >= 4 is 27.6 Å². The number of unbranched alkanes of at least 4 members (excludes halogenated alkanes) is 11. The first-order chi connectivity index (χ1) is 30.5. The van der Waals surface area contributed by atoms with E-state index in [-0.39, 0.29) is 12.8 Å². The number of allylic oxidation sites excluding steroid dienone is 9. The summed E-state index contributed by atoms with van der Waals surface area (Å²) < 4.78 is 49.2. The zero-order valence-corrected chi connectivity index (χ0v) is 39.6. The second kappa shape index (κ2) is 35.8. The predicted octanol–water partition coefficient (Wildman–Crippen LogP) is 7.25. The molecule has 0 amide bonds. The van der Waals surface area contributed by atoms with Gasteiger partial charge in [-0.2, -0.15) is 0 Å². The van der Waals surface area contributed by atoms with Gasteiger partial charge < -0.3 is 49.7 Å². The van der Waals surface area contributed by atoms with Crippen LogP contribution in [0.3, 0.4) is 0 Å². The third-order valence-corrected chi connectivity index (χ3v) is 11.6. The van der Waals surface area contributed by atoms with Gasteiger partial charge in [0.25, 0.3) is 0 Å². The summed E-state index contributed by atoms with van der Waals surface area (Å²) in [6, 6.07) is 0. The van der Waals surface area contributed by atoms with Gasteiger partial charge in [-0.25, -0.2) is 9.13 Å². The maximum absolute atomic E-state index is 13.0. The van der Waals surface area contributed by atoms with Gasteiger partial charge in [-0.1, -0.05) is 126 Å². The standard InChI is InChI=1S/C45H78O17P2/c1-3-5-7-8-9-10-11-12-16-19-22-25-28-32-38(47)58-34-37(35-59-64(56,57)62-45-42(51)40(49)41(50)44(43(45)52)61-63(53,54)55)60-39(48)33-29-26-23-20-17-14-13-15-18-21-24-27-31-36(46)30-6-4-2/h10-11,13-14,18,20-21,23,27,31,36-37,40-46,49-52H,3-9,12,15-17,19,22,24-26,28-30,32-35H2,1-2H3,(H,56,57)(H2,53,54,55)/b11-10-,14-13-,21-18-,23-20-,31-27-/t36-,37-,40?,41?,42?,43?,44-,45+/m1/s1. The molecular weight excluding hydrogens is 874 g/mol. The van der Waals surface area contributed by atoms with Crippen molar-refractivity contribution in [3.8, 4) is 0 Å². The van der Waals surface area contributed by atoms with Gasteiger partial charge >= 0.3 is 27.6 Å². The molecule has 1 aliphatic carbocycles. The van der Waals surface area contributed by atoms with Gasteiger partial charge in [-0.15, -0.1) is 0 Å². The third kappa shape index (κ3) is 30.0. The molecular formula is C45H78O17P2. The lowest BCUT2D eigenvalue weighted by atomic mass is 9.85. The van der Waals surface area contributed by atoms with Gasteiger partial charge in [0.1, 0.15) is 43.2 Å². The Bertz CT molecular complexity index is 1490. The Morgan fingerprint density at radius 3 is 1.67 bits per heavy atom. The molecule has 17 nitrogen and oxygen atoms in total. The molecule has 64 heavy (non-hydrogen) atoms. The van der Waals surface area contributed by atoms with Crippen LogP contribution in [0.5, 0.6) is 0 Å². The lowest BCUT2D eigenvalue weighted by Crippen LogP contribution is -2.64. The number of aliphatic hydroxyl groups is 5. The highest BCUT2D eigenvalue weighted by atomic mass is 31.2. The second-order valence-corrected chi connectivity index (χ2v) is 18.5. The Balaban J connectivity index is 2.68. The summed E-state index contributed by atoms with van der Waals surface area (Å²) in [5, 5.41) is 51.0. The molecule has 9 atom stereocenters. The predicted molar refractivity (Wildman–Crippen MR) is 242 cm³/mol. The summed E-state index contributed by atoms with van der Waals surface area (Å²) in [5.41, 5.74) is 0. The van der Waals surface area contributed by atoms with E-state index in [9.17, 15) is 49.1 Å². The number of esters is 2. The molecule has 19 heteroatoms. The number of rotatable bonds is 37. The number of hydrogen-bond donors (Lipinski definition) is 8. The highest BCUT2D eigenvalue weighted by Crippen LogP contribution is 2.49. The second-order valence-electron chi connectivity index (χ2n) is 15.9. The highest BCUT2D eigenvalue weighted by molar-refractivity contribution is 7.47. The molecule has 0 spiro atoms. The van der Waals surface area contributed by atoms with Crippen molar-refractivity contribution in [1.29, 1.82) is 0 Å². The average molecular weight is 953 g/mol. The van der Waals surface area contributed by atoms with Gasteiger partial charge in [0, 0.05) is 12.8 Å². The number of carbonyl (C=O) groups is 2. The number of aliphatic hydroxyl groups excluding tert-OH is 5. The average Bonchev–Trinajstić information content (AvgIpc) is 3.24. The summed E-state index contributed by atoms with van der Waals surface area (Å²) >= 11 is 0. The van der Waals surface area contributed by atoms with Gasteiger partial charge in [0.05, 0.1) is 12.7 Å². The van der Waals surface area contributed by atoms with Gasteiger partial charge in [0.15, 0.2) is 6.10 Å². The Labute approximate surface area is 380 Å². The SMILES string of the molecule is CCCCCC/C=C\CCCCCCCC(=O)OC[C@H](COP(=O)(O)O[C@H]1C(O)C(O)C(O)[C@@H](OP(=O)(O)O)C1O)OC(=O)CCC/C=C\C/C=C\C/C=C\C/C=C\[C@H](O)CCCC. The summed E-state index contributed by atoms with van der Waals surface area (Å²) in [7, 11) is -10.7. The summed E-state index contributed by atoms with van der Waals surface area (Å²) in [6.45, 7) is 2.87. The Kier molecular flexibility index (Phi) is 33.4. The molecule has 5 unspecified atom stereocenters. The van der Waals surface area contributed by atoms with Crippen LogP contribution in [-0.2, 0) is 41.8 Å². The van der Waals surface area contributed by atoms with Crippen LogP contribution in [0.25, 0.3) is 0 Å². The third-order valence-electron chi connectivity index (χ3n) is 10.1. The van der Waals surface area contributed by atoms with Crippen LogP contribution >= 0.6 is 15.6 Å². The maximum atomic E-state index is 13.0. The number of phosphoric acid groups is 2. The Morgan fingerprint density at radius 2 is 1.06 bits per heavy atom. The number of carbonyl (C=O) groups excluding carboxylic acids is 2. The molecule has 0 saturated heterocycles. The van der Waals surface area contributed by atoms with E-state index >= 15 is 0 Å². The minimum absolute atomic E-state index is 0.0524. The molecule has 1 fully saturated rings. The number of hydrogen-bond acceptors (Lipinski definition) is 14. The zero-order chi connectivity index (χ0) is 47.6. The topological polar surface area (TPSA) is 276 Å². The van der Waals surface area contributed by atoms with E-state index in [0.29, 0.717) is 25.7 Å². The first kappa shape index (κ1) is 59.7. The van der Waals surface area contributed by atoms with E-state index < -0.39 is 89.6 Å². The minimum Gasteiger partial charge on any atom is -0.462 e. The van der Waals surface area contributed by atoms with Crippen molar-refractivity contribution in [2.45, 2.75) is 198 Å². The van der Waals surface area contributed by atoms with Crippen molar-refractivity contribution in [3.05, 3.63) is 60.8 Å². The fraction of sp³-hybridized carbons (Fsp3) is 0.733. The fourth-order valence-corrected chi connectivity index (χ4v) is 8.04. The van der Waals surface area contributed by atoms with Crippen molar-refractivity contribution in [2.24, 2.45) is 0 Å². The first-order valence-corrected chi connectivity index (χ1v) is 26.0. The van der Waals surface area contributed by atoms with Crippen LogP contribution in [0.1, 0.15) is 149 Å². The van der Waals surface area contributed by atoms with Crippen LogP contribution in [0.2, 0.25) is 0 Å². The Morgan fingerprint density at radius 1 is 0.562 bits per heavy atom. The van der Waals surface area contributed by atoms with Crippen LogP contribution in [-0.4, -0.2) is 114 Å². The summed E-state index contributed by atoms with van der Waals surface area (Å²) in [4.78, 5) is 54.2. The van der Waals surface area contributed by atoms with E-state index in [1.807, 2.05) is 48.6 Å². The normalized spacial score (nSPS) is 22.8. The number of phosphoric ester groups is 2. The van der Waals surface area contributed by atoms with Crippen LogP contribution < -0.4 is 0 Å². The lowest BCUT2D eigenvalue weighted by molar-refractivity contribution is -0.216. The zero-order valence-electron chi connectivity index (χ0n) is 37.8. The molecule has 1 rings (SSSR count). The summed E-state index contributed by atoms with van der Waals surface area (Å²) in [5.74, 6) is -1.31. The van der Waals surface area contributed by atoms with Crippen LogP contribution in [0, 0.1) is 0 Å². The quantitative estimate of drug-likeness (QED) is 0.0132. The van der Waals surface area contributed by atoms with Gasteiger partial charge in [-0.3, -0.25) is 23.2 Å². The van der Waals surface area contributed by atoms with E-state index in [1.165, 1.54) is 25.7 Å². The fourth-order valence-electron chi connectivity index (χ4n) is 6.50. The molecule has 0 aliphatic heterocycles. The monoisotopic (exact) mass is 952 g/mol. The molecule has 0 aromatic carbocycles. The molecule has 0 bridgehead atoms. The van der Waals surface area contributed by atoms with Gasteiger partial charge in [-0.05, 0) is 70.6 Å². The van der Waals surface area contributed by atoms with Crippen molar-refractivity contribution < 1.29 is 82.0 Å². The van der Waals surface area contributed by atoms with Crippen molar-refractivity contribution in [1.82, 2.24) is 0 Å². The molecule has 0 aromatic heterocycles. The molecule has 0 aromatic rings. The van der Waals surface area contributed by atoms with E-state index in [0.717, 1.165) is 70.6 Å². The lowest BCUT2D eigenvalue weighted by Gasteiger charge is -2.43. The number of ether oxygens (including phenoxy) is 2. The van der Waals surface area contributed by atoms with E-state index in [2.05, 4.69) is 30.5 Å². The molecule has 0 heterocycles. The molecule has 1 aliphatic rings. The van der Waals surface area contributed by atoms with Crippen molar-refractivity contribution in [2.75, 3.05) is 13.2 Å². The van der Waals surface area contributed by atoms with Crippen molar-refractivity contribution in [3.63, 3.8) is 0 Å². The highest BCUT2D eigenvalue weighted by Gasteiger charge is 2.54. The minimum atomic E-state index is -5.38. The molecule has 8 N–H and O–H groups in total. The molecule has 1 saturated carbocycles. The van der Waals surface area contributed by atoms with Gasteiger partial charge in [0.2, 0.25) is 0 Å². The van der Waals surface area contributed by atoms with E-state index in [1.54, 1.807) is 0 Å². The molecule has 370 valence electrons. The first-order valence-electron chi connectivity index (χ1n) is 22.9. The van der Waals surface area contributed by atoms with Crippen LogP contribution in [0.15, 0.2) is 60.8 Å². The largest absolute Gasteiger partial charge is 0.472 e. The van der Waals surface area contributed by atoms with Crippen LogP contribution in [0.4, 0.5) is 0 Å².